The van der Waals surface area contributed by atoms with E-state index in [1.165, 1.54) is 11.3 Å². The molecule has 0 fully saturated rings. The van der Waals surface area contributed by atoms with Crippen molar-refractivity contribution >= 4 is 48.9 Å². The molecule has 0 amide bonds. The maximum absolute atomic E-state index is 4.51. The van der Waals surface area contributed by atoms with E-state index in [9.17, 15) is 0 Å². The predicted octanol–water partition coefficient (Wildman–Crippen LogP) is 4.75. The number of nitrogens with zero attached hydrogens (tertiary/aromatic N) is 2. The number of aryl methyl sites for hydroxylation is 1. The molecule has 5 heteroatoms. The molecule has 2 aromatic rings. The van der Waals surface area contributed by atoms with Crippen LogP contribution >= 0.6 is 43.2 Å². The molecule has 1 heterocycles. The topological polar surface area (TPSA) is 16.1 Å². The van der Waals surface area contributed by atoms with Crippen LogP contribution in [0.15, 0.2) is 28.1 Å². The first-order valence-corrected chi connectivity index (χ1v) is 8.36. The van der Waals surface area contributed by atoms with Crippen LogP contribution in [0.25, 0.3) is 0 Å². The second kappa shape index (κ2) is 6.17. The molecule has 0 saturated carbocycles. The number of hydrogen-bond acceptors (Lipinski definition) is 3. The Hall–Kier alpha value is -0.390. The van der Waals surface area contributed by atoms with Gasteiger partial charge in [0.15, 0.2) is 0 Å². The number of halogens is 2. The van der Waals surface area contributed by atoms with E-state index in [0.717, 1.165) is 27.0 Å². The van der Waals surface area contributed by atoms with E-state index in [1.54, 1.807) is 11.3 Å². The molecular weight excluding hydrogens is 376 g/mol. The summed E-state index contributed by atoms with van der Waals surface area (Å²) >= 11 is 8.75. The van der Waals surface area contributed by atoms with Crippen LogP contribution in [0.3, 0.4) is 0 Å². The molecule has 0 unspecified atom stereocenters. The van der Waals surface area contributed by atoms with Gasteiger partial charge in [0.1, 0.15) is 0 Å². The molecule has 0 radical (unpaired) electrons. The van der Waals surface area contributed by atoms with Crippen LogP contribution in [0.4, 0.5) is 5.69 Å². The fraction of sp³-hybridized carbons (Fsp3) is 0.308. The average molecular weight is 390 g/mol. The van der Waals surface area contributed by atoms with Crippen molar-refractivity contribution < 1.29 is 0 Å². The van der Waals surface area contributed by atoms with Gasteiger partial charge in [-0.05, 0) is 30.7 Å². The Morgan fingerprint density at radius 2 is 2.17 bits per heavy atom. The van der Waals surface area contributed by atoms with E-state index in [4.69, 9.17) is 0 Å². The van der Waals surface area contributed by atoms with Crippen LogP contribution in [-0.2, 0) is 11.9 Å². The summed E-state index contributed by atoms with van der Waals surface area (Å²) in [5.74, 6) is 0. The molecule has 0 bridgehead atoms. The molecule has 0 atom stereocenters. The van der Waals surface area contributed by atoms with E-state index < -0.39 is 0 Å². The number of hydrogen-bond donors (Lipinski definition) is 0. The summed E-state index contributed by atoms with van der Waals surface area (Å²) in [6.45, 7) is 2.88. The van der Waals surface area contributed by atoms with Crippen LogP contribution in [-0.4, -0.2) is 12.0 Å². The third kappa shape index (κ3) is 3.33. The highest BCUT2D eigenvalue weighted by Crippen LogP contribution is 2.27. The van der Waals surface area contributed by atoms with Gasteiger partial charge in [0.25, 0.3) is 0 Å². The highest BCUT2D eigenvalue weighted by atomic mass is 79.9. The lowest BCUT2D eigenvalue weighted by Gasteiger charge is -2.21. The highest BCUT2D eigenvalue weighted by molar-refractivity contribution is 9.10. The summed E-state index contributed by atoms with van der Waals surface area (Å²) < 4.78 is 1.11. The Kier molecular flexibility index (Phi) is 4.81. The second-order valence-corrected chi connectivity index (χ2v) is 6.66. The van der Waals surface area contributed by atoms with Gasteiger partial charge in [-0.3, -0.25) is 0 Å². The van der Waals surface area contributed by atoms with Crippen molar-refractivity contribution in [1.82, 2.24) is 4.98 Å². The zero-order valence-corrected chi connectivity index (χ0v) is 14.3. The first kappa shape index (κ1) is 14.0. The SMILES string of the molecule is Cc1nc(CN(C)c2ccc(Br)cc2CBr)cs1. The third-order valence-corrected chi connectivity index (χ3v) is 4.58. The largest absolute Gasteiger partial charge is 0.368 e. The molecule has 2 nitrogen and oxygen atoms in total. The summed E-state index contributed by atoms with van der Waals surface area (Å²) in [5, 5.41) is 4.09. The van der Waals surface area contributed by atoms with Gasteiger partial charge in [-0.15, -0.1) is 11.3 Å². The highest BCUT2D eigenvalue weighted by Gasteiger charge is 2.09. The van der Waals surface area contributed by atoms with Crippen molar-refractivity contribution in [3.63, 3.8) is 0 Å². The van der Waals surface area contributed by atoms with Gasteiger partial charge >= 0.3 is 0 Å². The quantitative estimate of drug-likeness (QED) is 0.701. The van der Waals surface area contributed by atoms with Gasteiger partial charge in [0.05, 0.1) is 17.2 Å². The summed E-state index contributed by atoms with van der Waals surface area (Å²) in [5.41, 5.74) is 3.64. The lowest BCUT2D eigenvalue weighted by Crippen LogP contribution is -2.18. The number of aromatic nitrogens is 1. The fourth-order valence-electron chi connectivity index (χ4n) is 1.84. The monoisotopic (exact) mass is 388 g/mol. The number of benzene rings is 1. The van der Waals surface area contributed by atoms with Gasteiger partial charge in [0, 0.05) is 27.9 Å². The molecule has 0 spiro atoms. The van der Waals surface area contributed by atoms with Crippen LogP contribution in [0.5, 0.6) is 0 Å². The van der Waals surface area contributed by atoms with Crippen LogP contribution in [0, 0.1) is 6.92 Å². The number of alkyl halides is 1. The molecule has 0 aliphatic heterocycles. The third-order valence-electron chi connectivity index (χ3n) is 2.66. The van der Waals surface area contributed by atoms with Gasteiger partial charge in [-0.1, -0.05) is 31.9 Å². The predicted molar refractivity (Wildman–Crippen MR) is 85.7 cm³/mol. The molecule has 0 aliphatic rings. The average Bonchev–Trinajstić information content (AvgIpc) is 2.74. The molecule has 1 aromatic heterocycles. The van der Waals surface area contributed by atoms with E-state index in [-0.39, 0.29) is 0 Å². The maximum atomic E-state index is 4.51. The van der Waals surface area contributed by atoms with Crippen molar-refractivity contribution in [3.05, 3.63) is 44.3 Å². The van der Waals surface area contributed by atoms with Crippen molar-refractivity contribution in [2.75, 3.05) is 11.9 Å². The molecule has 0 saturated heterocycles. The summed E-state index contributed by atoms with van der Waals surface area (Å²) in [7, 11) is 2.10. The zero-order chi connectivity index (χ0) is 13.1. The Bertz CT molecular complexity index is 540. The minimum atomic E-state index is 0.839. The molecule has 0 aliphatic carbocycles. The standard InChI is InChI=1S/C13H14Br2N2S/c1-9-16-12(8-18-9)7-17(2)13-4-3-11(15)5-10(13)6-14/h3-5,8H,6-7H2,1-2H3. The van der Waals surface area contributed by atoms with Crippen molar-refractivity contribution in [1.29, 1.82) is 0 Å². The second-order valence-electron chi connectivity index (χ2n) is 4.12. The first-order chi connectivity index (χ1) is 8.60. The molecule has 18 heavy (non-hydrogen) atoms. The number of thiazole rings is 1. The summed E-state index contributed by atoms with van der Waals surface area (Å²) in [4.78, 5) is 6.74. The van der Waals surface area contributed by atoms with Gasteiger partial charge in [0.2, 0.25) is 0 Å². The molecule has 1 aromatic carbocycles. The minimum absolute atomic E-state index is 0.839. The summed E-state index contributed by atoms with van der Waals surface area (Å²) in [6, 6.07) is 6.36. The van der Waals surface area contributed by atoms with Crippen LogP contribution in [0.2, 0.25) is 0 Å². The zero-order valence-electron chi connectivity index (χ0n) is 10.3. The maximum Gasteiger partial charge on any atom is 0.0898 e. The van der Waals surface area contributed by atoms with Crippen molar-refractivity contribution in [3.8, 4) is 0 Å². The Morgan fingerprint density at radius 1 is 1.39 bits per heavy atom. The van der Waals surface area contributed by atoms with Crippen molar-refractivity contribution in [2.45, 2.75) is 18.8 Å². The Labute approximate surface area is 128 Å². The lowest BCUT2D eigenvalue weighted by molar-refractivity contribution is 0.885. The molecule has 2 rings (SSSR count). The van der Waals surface area contributed by atoms with E-state index in [0.29, 0.717) is 0 Å². The fourth-order valence-corrected chi connectivity index (χ4v) is 3.30. The van der Waals surface area contributed by atoms with E-state index in [1.807, 2.05) is 6.92 Å². The summed E-state index contributed by atoms with van der Waals surface area (Å²) in [6.07, 6.45) is 0. The van der Waals surface area contributed by atoms with E-state index in [2.05, 4.69) is 72.4 Å². The van der Waals surface area contributed by atoms with Crippen molar-refractivity contribution in [2.24, 2.45) is 0 Å². The Morgan fingerprint density at radius 3 is 2.78 bits per heavy atom. The molecule has 0 N–H and O–H groups in total. The van der Waals surface area contributed by atoms with Crippen LogP contribution in [0.1, 0.15) is 16.3 Å². The molecular formula is C13H14Br2N2S. The first-order valence-electron chi connectivity index (χ1n) is 5.56. The van der Waals surface area contributed by atoms with Gasteiger partial charge in [-0.25, -0.2) is 4.98 Å². The lowest BCUT2D eigenvalue weighted by atomic mass is 10.2. The van der Waals surface area contributed by atoms with Gasteiger partial charge < -0.3 is 4.90 Å². The number of rotatable bonds is 4. The van der Waals surface area contributed by atoms with Crippen LogP contribution < -0.4 is 4.90 Å². The Balaban J connectivity index is 2.20. The minimum Gasteiger partial charge on any atom is -0.368 e. The number of anilines is 1. The smallest absolute Gasteiger partial charge is 0.0898 e. The molecule has 96 valence electrons. The van der Waals surface area contributed by atoms with E-state index >= 15 is 0 Å². The van der Waals surface area contributed by atoms with Gasteiger partial charge in [-0.2, -0.15) is 0 Å². The normalized spacial score (nSPS) is 10.7.